The molecule has 27 heavy (non-hydrogen) atoms. The molecule has 0 aliphatic carbocycles. The number of hydrogen-bond donors (Lipinski definition) is 1. The minimum absolute atomic E-state index is 0.260. The Bertz CT molecular complexity index is 982. The van der Waals surface area contributed by atoms with Gasteiger partial charge in [-0.1, -0.05) is 18.2 Å². The van der Waals surface area contributed by atoms with Gasteiger partial charge in [0.05, 0.1) is 0 Å². The van der Waals surface area contributed by atoms with Crippen LogP contribution in [0.4, 0.5) is 21.8 Å². The molecule has 5 heteroatoms. The number of aromatic nitrogens is 2. The van der Waals surface area contributed by atoms with Crippen molar-refractivity contribution in [3.63, 3.8) is 0 Å². The number of rotatable bonds is 3. The Balaban J connectivity index is 1.66. The van der Waals surface area contributed by atoms with Crippen LogP contribution in [0, 0.1) is 26.6 Å². The molecule has 0 bridgehead atoms. The second kappa shape index (κ2) is 6.99. The van der Waals surface area contributed by atoms with Crippen molar-refractivity contribution in [1.82, 2.24) is 9.97 Å². The fraction of sp³-hybridized carbons (Fsp3) is 0.273. The molecule has 1 aliphatic heterocycles. The standard InChI is InChI=1S/C22H23FN4/c1-14-5-4-6-17-11-12-27(13-20(14)17)21-15(2)16(3)24-22(26-21)25-19-9-7-18(23)8-10-19/h4-10H,11-13H2,1-3H3,(H,24,25,26). The molecule has 0 fully saturated rings. The number of anilines is 3. The number of benzene rings is 2. The van der Waals surface area contributed by atoms with Crippen LogP contribution in [0.15, 0.2) is 42.5 Å². The van der Waals surface area contributed by atoms with Crippen molar-refractivity contribution in [2.45, 2.75) is 33.7 Å². The highest BCUT2D eigenvalue weighted by Crippen LogP contribution is 2.29. The van der Waals surface area contributed by atoms with Crippen molar-refractivity contribution in [3.05, 3.63) is 76.2 Å². The maximum Gasteiger partial charge on any atom is 0.229 e. The van der Waals surface area contributed by atoms with Gasteiger partial charge in [-0.05, 0) is 68.1 Å². The molecule has 2 aromatic carbocycles. The van der Waals surface area contributed by atoms with Crippen LogP contribution in [0.25, 0.3) is 0 Å². The van der Waals surface area contributed by atoms with Crippen LogP contribution in [0.1, 0.15) is 27.9 Å². The molecular weight excluding hydrogens is 339 g/mol. The van der Waals surface area contributed by atoms with Gasteiger partial charge >= 0.3 is 0 Å². The lowest BCUT2D eigenvalue weighted by Gasteiger charge is -2.32. The van der Waals surface area contributed by atoms with Gasteiger partial charge in [0.2, 0.25) is 5.95 Å². The normalized spacial score (nSPS) is 13.4. The first-order chi connectivity index (χ1) is 13.0. The van der Waals surface area contributed by atoms with Gasteiger partial charge in [0.15, 0.2) is 0 Å². The zero-order valence-electron chi connectivity index (χ0n) is 15.9. The molecule has 3 aromatic rings. The monoisotopic (exact) mass is 362 g/mol. The highest BCUT2D eigenvalue weighted by atomic mass is 19.1. The predicted octanol–water partition coefficient (Wildman–Crippen LogP) is 4.85. The van der Waals surface area contributed by atoms with Crippen molar-refractivity contribution in [1.29, 1.82) is 0 Å². The van der Waals surface area contributed by atoms with E-state index in [2.05, 4.69) is 47.2 Å². The number of nitrogens with one attached hydrogen (secondary N) is 1. The first-order valence-corrected chi connectivity index (χ1v) is 9.21. The molecule has 138 valence electrons. The van der Waals surface area contributed by atoms with E-state index >= 15 is 0 Å². The quantitative estimate of drug-likeness (QED) is 0.723. The largest absolute Gasteiger partial charge is 0.352 e. The minimum atomic E-state index is -0.260. The van der Waals surface area contributed by atoms with Gasteiger partial charge in [0.25, 0.3) is 0 Å². The number of nitrogens with zero attached hydrogens (tertiary/aromatic N) is 3. The molecule has 1 aliphatic rings. The Morgan fingerprint density at radius 3 is 2.56 bits per heavy atom. The highest BCUT2D eigenvalue weighted by molar-refractivity contribution is 5.59. The van der Waals surface area contributed by atoms with Gasteiger partial charge in [-0.15, -0.1) is 0 Å². The molecule has 4 nitrogen and oxygen atoms in total. The third-order valence-electron chi connectivity index (χ3n) is 5.27. The summed E-state index contributed by atoms with van der Waals surface area (Å²) in [6.45, 7) is 8.03. The summed E-state index contributed by atoms with van der Waals surface area (Å²) in [5.74, 6) is 1.24. The van der Waals surface area contributed by atoms with Gasteiger partial charge in [-0.2, -0.15) is 4.98 Å². The number of hydrogen-bond acceptors (Lipinski definition) is 4. The molecule has 0 spiro atoms. The van der Waals surface area contributed by atoms with E-state index in [1.165, 1.54) is 28.8 Å². The number of halogens is 1. The second-order valence-corrected chi connectivity index (χ2v) is 7.10. The molecule has 0 radical (unpaired) electrons. The maximum absolute atomic E-state index is 13.1. The van der Waals surface area contributed by atoms with E-state index in [9.17, 15) is 4.39 Å². The van der Waals surface area contributed by atoms with Crippen molar-refractivity contribution in [3.8, 4) is 0 Å². The summed E-state index contributed by atoms with van der Waals surface area (Å²) < 4.78 is 13.1. The van der Waals surface area contributed by atoms with Crippen LogP contribution in [-0.4, -0.2) is 16.5 Å². The van der Waals surface area contributed by atoms with Crippen LogP contribution in [0.5, 0.6) is 0 Å². The Kier molecular flexibility index (Phi) is 4.52. The van der Waals surface area contributed by atoms with Crippen molar-refractivity contribution >= 4 is 17.5 Å². The summed E-state index contributed by atoms with van der Waals surface area (Å²) in [6.07, 6.45) is 1.01. The van der Waals surface area contributed by atoms with E-state index in [1.807, 2.05) is 6.92 Å². The first kappa shape index (κ1) is 17.5. The van der Waals surface area contributed by atoms with Crippen molar-refractivity contribution < 1.29 is 4.39 Å². The molecule has 0 atom stereocenters. The summed E-state index contributed by atoms with van der Waals surface area (Å²) in [5, 5.41) is 3.19. The van der Waals surface area contributed by atoms with E-state index in [-0.39, 0.29) is 5.82 Å². The van der Waals surface area contributed by atoms with Gasteiger partial charge in [-0.25, -0.2) is 9.37 Å². The zero-order chi connectivity index (χ0) is 19.0. The van der Waals surface area contributed by atoms with Gasteiger partial charge in [0, 0.05) is 30.0 Å². The van der Waals surface area contributed by atoms with Crippen LogP contribution < -0.4 is 10.2 Å². The summed E-state index contributed by atoms with van der Waals surface area (Å²) in [6, 6.07) is 12.8. The van der Waals surface area contributed by atoms with E-state index in [4.69, 9.17) is 4.98 Å². The predicted molar refractivity (Wildman–Crippen MR) is 107 cm³/mol. The van der Waals surface area contributed by atoms with E-state index < -0.39 is 0 Å². The molecule has 0 amide bonds. The van der Waals surface area contributed by atoms with E-state index in [0.717, 1.165) is 42.3 Å². The third-order valence-corrected chi connectivity index (χ3v) is 5.27. The summed E-state index contributed by atoms with van der Waals surface area (Å²) in [5.41, 5.74) is 6.96. The smallest absolute Gasteiger partial charge is 0.229 e. The molecule has 0 saturated carbocycles. The van der Waals surface area contributed by atoms with Crippen LogP contribution in [0.3, 0.4) is 0 Å². The Labute approximate surface area is 159 Å². The average molecular weight is 362 g/mol. The van der Waals surface area contributed by atoms with Crippen molar-refractivity contribution in [2.75, 3.05) is 16.8 Å². The summed E-state index contributed by atoms with van der Waals surface area (Å²) in [7, 11) is 0. The molecular formula is C22H23FN4. The minimum Gasteiger partial charge on any atom is -0.352 e. The second-order valence-electron chi connectivity index (χ2n) is 7.10. The van der Waals surface area contributed by atoms with Crippen LogP contribution in [0.2, 0.25) is 0 Å². The number of aryl methyl sites for hydroxylation is 2. The molecule has 0 unspecified atom stereocenters. The van der Waals surface area contributed by atoms with Gasteiger partial charge in [-0.3, -0.25) is 0 Å². The zero-order valence-corrected chi connectivity index (χ0v) is 15.9. The topological polar surface area (TPSA) is 41.1 Å². The van der Waals surface area contributed by atoms with Crippen molar-refractivity contribution in [2.24, 2.45) is 0 Å². The molecule has 2 heterocycles. The average Bonchev–Trinajstić information content (AvgIpc) is 2.66. The Hall–Kier alpha value is -2.95. The maximum atomic E-state index is 13.1. The summed E-state index contributed by atoms with van der Waals surface area (Å²) >= 11 is 0. The Morgan fingerprint density at radius 2 is 1.78 bits per heavy atom. The number of fused-ring (bicyclic) bond motifs is 1. The lowest BCUT2D eigenvalue weighted by molar-refractivity contribution is 0.628. The van der Waals surface area contributed by atoms with E-state index in [0.29, 0.717) is 5.95 Å². The van der Waals surface area contributed by atoms with Gasteiger partial charge in [0.1, 0.15) is 11.6 Å². The highest BCUT2D eigenvalue weighted by Gasteiger charge is 2.21. The molecule has 0 saturated heterocycles. The lowest BCUT2D eigenvalue weighted by atomic mass is 9.95. The lowest BCUT2D eigenvalue weighted by Crippen LogP contribution is -2.32. The SMILES string of the molecule is Cc1cccc2c1CN(c1nc(Nc3ccc(F)cc3)nc(C)c1C)CC2. The summed E-state index contributed by atoms with van der Waals surface area (Å²) in [4.78, 5) is 11.7. The molecule has 1 N–H and O–H groups in total. The fourth-order valence-electron chi connectivity index (χ4n) is 3.57. The molecule has 4 rings (SSSR count). The first-order valence-electron chi connectivity index (χ1n) is 9.21. The van der Waals surface area contributed by atoms with Crippen LogP contribution in [-0.2, 0) is 13.0 Å². The third kappa shape index (κ3) is 3.50. The fourth-order valence-corrected chi connectivity index (χ4v) is 3.57. The van der Waals surface area contributed by atoms with E-state index in [1.54, 1.807) is 12.1 Å². The van der Waals surface area contributed by atoms with Gasteiger partial charge < -0.3 is 10.2 Å². The Morgan fingerprint density at radius 1 is 1.00 bits per heavy atom. The van der Waals surface area contributed by atoms with Crippen LogP contribution >= 0.6 is 0 Å². The molecule has 1 aromatic heterocycles.